The third kappa shape index (κ3) is 4.84. The standard InChI is InChI=1S/C22H18Cl2N2S/c1-14(2)13-27-22-20(12-25)19(15-3-7-17(23)8-4-15)11-21(26-22)16-5-9-18(24)10-6-16/h3-11,14H,13H2,1-2H3. The first-order valence-electron chi connectivity index (χ1n) is 8.57. The lowest BCUT2D eigenvalue weighted by Crippen LogP contribution is -1.98. The van der Waals surface area contributed by atoms with Crippen LogP contribution < -0.4 is 0 Å². The Balaban J connectivity index is 2.18. The van der Waals surface area contributed by atoms with E-state index in [-0.39, 0.29) is 0 Å². The lowest BCUT2D eigenvalue weighted by molar-refractivity contribution is 0.749. The van der Waals surface area contributed by atoms with Crippen molar-refractivity contribution in [2.75, 3.05) is 5.75 Å². The minimum atomic E-state index is 0.501. The molecule has 136 valence electrons. The molecule has 1 heterocycles. The molecule has 0 N–H and O–H groups in total. The Labute approximate surface area is 174 Å². The summed E-state index contributed by atoms with van der Waals surface area (Å²) in [6.45, 7) is 4.31. The van der Waals surface area contributed by atoms with Gasteiger partial charge in [-0.25, -0.2) is 4.98 Å². The van der Waals surface area contributed by atoms with Crippen molar-refractivity contribution in [1.29, 1.82) is 5.26 Å². The molecule has 5 heteroatoms. The van der Waals surface area contributed by atoms with Crippen LogP contribution in [-0.4, -0.2) is 10.7 Å². The molecule has 0 aliphatic heterocycles. The number of benzene rings is 2. The summed E-state index contributed by atoms with van der Waals surface area (Å²) < 4.78 is 0. The van der Waals surface area contributed by atoms with Crippen molar-refractivity contribution in [3.63, 3.8) is 0 Å². The Kier molecular flexibility index (Phi) is 6.44. The predicted octanol–water partition coefficient (Wildman–Crippen LogP) is 7.34. The Bertz CT molecular complexity index is 975. The van der Waals surface area contributed by atoms with Crippen molar-refractivity contribution in [1.82, 2.24) is 4.98 Å². The van der Waals surface area contributed by atoms with E-state index < -0.39 is 0 Å². The van der Waals surface area contributed by atoms with Crippen molar-refractivity contribution in [2.45, 2.75) is 18.9 Å². The van der Waals surface area contributed by atoms with E-state index in [2.05, 4.69) is 19.9 Å². The Morgan fingerprint density at radius 2 is 1.52 bits per heavy atom. The average molecular weight is 413 g/mol. The molecular weight excluding hydrogens is 395 g/mol. The number of aromatic nitrogens is 1. The second kappa shape index (κ2) is 8.80. The number of nitriles is 1. The molecule has 0 saturated heterocycles. The van der Waals surface area contributed by atoms with E-state index >= 15 is 0 Å². The molecule has 0 unspecified atom stereocenters. The van der Waals surface area contributed by atoms with Gasteiger partial charge in [-0.2, -0.15) is 5.26 Å². The fraction of sp³-hybridized carbons (Fsp3) is 0.182. The maximum absolute atomic E-state index is 9.83. The summed E-state index contributed by atoms with van der Waals surface area (Å²) in [4.78, 5) is 4.79. The summed E-state index contributed by atoms with van der Waals surface area (Å²) in [5, 5.41) is 11.9. The molecule has 0 aliphatic carbocycles. The molecule has 3 aromatic rings. The van der Waals surface area contributed by atoms with Gasteiger partial charge >= 0.3 is 0 Å². The zero-order valence-electron chi connectivity index (χ0n) is 15.0. The number of thioether (sulfide) groups is 1. The molecule has 0 aliphatic rings. The summed E-state index contributed by atoms with van der Waals surface area (Å²) in [6.07, 6.45) is 0. The molecule has 0 saturated carbocycles. The third-order valence-electron chi connectivity index (χ3n) is 3.95. The van der Waals surface area contributed by atoms with Gasteiger partial charge in [0.2, 0.25) is 0 Å². The highest BCUT2D eigenvalue weighted by atomic mass is 35.5. The highest BCUT2D eigenvalue weighted by Gasteiger charge is 2.16. The highest BCUT2D eigenvalue weighted by Crippen LogP contribution is 2.35. The van der Waals surface area contributed by atoms with E-state index in [1.165, 1.54) is 0 Å². The van der Waals surface area contributed by atoms with Crippen LogP contribution in [-0.2, 0) is 0 Å². The summed E-state index contributed by atoms with van der Waals surface area (Å²) in [5.41, 5.74) is 4.19. The van der Waals surface area contributed by atoms with Crippen LogP contribution in [0.15, 0.2) is 59.6 Å². The molecule has 0 radical (unpaired) electrons. The summed E-state index contributed by atoms with van der Waals surface area (Å²) >= 11 is 13.7. The lowest BCUT2D eigenvalue weighted by atomic mass is 9.99. The minimum Gasteiger partial charge on any atom is -0.240 e. The number of nitrogens with zero attached hydrogens (tertiary/aromatic N) is 2. The fourth-order valence-electron chi connectivity index (χ4n) is 2.61. The van der Waals surface area contributed by atoms with Crippen LogP contribution >= 0.6 is 35.0 Å². The van der Waals surface area contributed by atoms with Crippen LogP contribution in [0.5, 0.6) is 0 Å². The number of pyridine rings is 1. The van der Waals surface area contributed by atoms with Gasteiger partial charge in [-0.05, 0) is 41.8 Å². The fourth-order valence-corrected chi connectivity index (χ4v) is 3.81. The molecule has 27 heavy (non-hydrogen) atoms. The third-order valence-corrected chi connectivity index (χ3v) is 5.85. The van der Waals surface area contributed by atoms with Crippen LogP contribution in [0.25, 0.3) is 22.4 Å². The largest absolute Gasteiger partial charge is 0.240 e. The van der Waals surface area contributed by atoms with Crippen LogP contribution in [0, 0.1) is 17.2 Å². The number of rotatable bonds is 5. The van der Waals surface area contributed by atoms with E-state index in [0.717, 1.165) is 33.2 Å². The second-order valence-corrected chi connectivity index (χ2v) is 8.45. The van der Waals surface area contributed by atoms with Gasteiger partial charge in [0.15, 0.2) is 0 Å². The molecule has 2 aromatic carbocycles. The van der Waals surface area contributed by atoms with Gasteiger partial charge in [0.1, 0.15) is 11.1 Å². The van der Waals surface area contributed by atoms with Crippen LogP contribution in [0.4, 0.5) is 0 Å². The number of halogens is 2. The quantitative estimate of drug-likeness (QED) is 0.411. The lowest BCUT2D eigenvalue weighted by Gasteiger charge is -2.13. The predicted molar refractivity (Wildman–Crippen MR) is 115 cm³/mol. The first kappa shape index (κ1) is 19.8. The van der Waals surface area contributed by atoms with Gasteiger partial charge in [-0.1, -0.05) is 61.3 Å². The molecule has 0 amide bonds. The molecule has 1 aromatic heterocycles. The second-order valence-electron chi connectivity index (χ2n) is 6.57. The minimum absolute atomic E-state index is 0.501. The van der Waals surface area contributed by atoms with Gasteiger partial charge in [0, 0.05) is 26.9 Å². The van der Waals surface area contributed by atoms with E-state index in [9.17, 15) is 5.26 Å². The van der Waals surface area contributed by atoms with Crippen LogP contribution in [0.2, 0.25) is 10.0 Å². The molecule has 3 rings (SSSR count). The van der Waals surface area contributed by atoms with Crippen LogP contribution in [0.3, 0.4) is 0 Å². The van der Waals surface area contributed by atoms with Gasteiger partial charge in [-0.3, -0.25) is 0 Å². The zero-order valence-corrected chi connectivity index (χ0v) is 17.4. The Morgan fingerprint density at radius 3 is 2.04 bits per heavy atom. The van der Waals surface area contributed by atoms with Crippen molar-refractivity contribution in [2.24, 2.45) is 5.92 Å². The van der Waals surface area contributed by atoms with Crippen molar-refractivity contribution < 1.29 is 0 Å². The molecule has 0 fully saturated rings. The van der Waals surface area contributed by atoms with E-state index in [4.69, 9.17) is 28.2 Å². The molecule has 0 atom stereocenters. The Morgan fingerprint density at radius 1 is 0.963 bits per heavy atom. The van der Waals surface area contributed by atoms with E-state index in [1.807, 2.05) is 54.6 Å². The summed E-state index contributed by atoms with van der Waals surface area (Å²) in [7, 11) is 0. The van der Waals surface area contributed by atoms with Crippen molar-refractivity contribution in [3.05, 3.63) is 70.2 Å². The zero-order chi connectivity index (χ0) is 19.4. The first-order valence-corrected chi connectivity index (χ1v) is 10.3. The monoisotopic (exact) mass is 412 g/mol. The smallest absolute Gasteiger partial charge is 0.115 e. The maximum Gasteiger partial charge on any atom is 0.115 e. The molecule has 0 bridgehead atoms. The van der Waals surface area contributed by atoms with Gasteiger partial charge in [0.05, 0.1) is 11.3 Å². The molecular formula is C22H18Cl2N2S. The maximum atomic E-state index is 9.83. The van der Waals surface area contributed by atoms with Gasteiger partial charge in [0.25, 0.3) is 0 Å². The van der Waals surface area contributed by atoms with E-state index in [1.54, 1.807) is 11.8 Å². The number of hydrogen-bond acceptors (Lipinski definition) is 3. The normalized spacial score (nSPS) is 10.8. The average Bonchev–Trinajstić information content (AvgIpc) is 2.66. The first-order chi connectivity index (χ1) is 13.0. The SMILES string of the molecule is CC(C)CSc1nc(-c2ccc(Cl)cc2)cc(-c2ccc(Cl)cc2)c1C#N. The van der Waals surface area contributed by atoms with Crippen molar-refractivity contribution >= 4 is 35.0 Å². The van der Waals surface area contributed by atoms with Gasteiger partial charge in [-0.15, -0.1) is 11.8 Å². The summed E-state index contributed by atoms with van der Waals surface area (Å²) in [5.74, 6) is 1.40. The Hall–Kier alpha value is -1.99. The highest BCUT2D eigenvalue weighted by molar-refractivity contribution is 7.99. The molecule has 2 nitrogen and oxygen atoms in total. The number of hydrogen-bond donors (Lipinski definition) is 0. The topological polar surface area (TPSA) is 36.7 Å². The van der Waals surface area contributed by atoms with E-state index in [0.29, 0.717) is 21.5 Å². The van der Waals surface area contributed by atoms with Gasteiger partial charge < -0.3 is 0 Å². The van der Waals surface area contributed by atoms with Crippen molar-refractivity contribution in [3.8, 4) is 28.5 Å². The molecule has 0 spiro atoms. The van der Waals surface area contributed by atoms with Crippen LogP contribution in [0.1, 0.15) is 19.4 Å². The summed E-state index contributed by atoms with van der Waals surface area (Å²) in [6, 6.07) is 19.4.